The van der Waals surface area contributed by atoms with Crippen LogP contribution in [0.1, 0.15) is 36.7 Å². The lowest BCUT2D eigenvalue weighted by Crippen LogP contribution is -2.04. The van der Waals surface area contributed by atoms with Crippen molar-refractivity contribution in [1.29, 1.82) is 0 Å². The van der Waals surface area contributed by atoms with Crippen LogP contribution in [0.3, 0.4) is 0 Å². The molecule has 1 aromatic carbocycles. The number of aromatic carboxylic acids is 1. The topological polar surface area (TPSA) is 55.1 Å². The van der Waals surface area contributed by atoms with E-state index in [1.165, 1.54) is 0 Å². The maximum Gasteiger partial charge on any atom is 0.339 e. The number of rotatable bonds is 4. The van der Waals surface area contributed by atoms with Crippen molar-refractivity contribution in [2.45, 2.75) is 26.3 Å². The second-order valence-electron chi connectivity index (χ2n) is 4.44. The molecule has 0 saturated heterocycles. The van der Waals surface area contributed by atoms with Crippen LogP contribution in [0.15, 0.2) is 30.5 Å². The number of nitrogens with zero attached hydrogens (tertiary/aromatic N) is 2. The van der Waals surface area contributed by atoms with Crippen molar-refractivity contribution in [3.8, 4) is 11.3 Å². The number of aromatic nitrogens is 2. The van der Waals surface area contributed by atoms with Crippen molar-refractivity contribution in [1.82, 2.24) is 9.78 Å². The lowest BCUT2D eigenvalue weighted by molar-refractivity contribution is 0.0697. The molecule has 0 aliphatic rings. The molecule has 5 heteroatoms. The van der Waals surface area contributed by atoms with Crippen LogP contribution in [0, 0.1) is 0 Å². The molecule has 1 heterocycles. The predicted molar refractivity (Wildman–Crippen MR) is 74.6 cm³/mol. The zero-order valence-electron chi connectivity index (χ0n) is 10.8. The molecule has 0 radical (unpaired) electrons. The van der Waals surface area contributed by atoms with E-state index in [0.29, 0.717) is 10.7 Å². The normalized spacial score (nSPS) is 12.4. The molecule has 0 aliphatic heterocycles. The average Bonchev–Trinajstić information content (AvgIpc) is 2.84. The molecule has 2 aromatic rings. The quantitative estimate of drug-likeness (QED) is 0.923. The molecule has 1 N–H and O–H groups in total. The number of carboxylic acids is 1. The van der Waals surface area contributed by atoms with E-state index < -0.39 is 5.97 Å². The highest BCUT2D eigenvalue weighted by Crippen LogP contribution is 2.25. The molecule has 0 fully saturated rings. The fourth-order valence-electron chi connectivity index (χ4n) is 1.78. The molecule has 19 heavy (non-hydrogen) atoms. The maximum absolute atomic E-state index is 11.3. The van der Waals surface area contributed by atoms with Crippen LogP contribution in [0.5, 0.6) is 0 Å². The molecule has 0 bridgehead atoms. The number of hydrogen-bond acceptors (Lipinski definition) is 2. The van der Waals surface area contributed by atoms with E-state index in [4.69, 9.17) is 11.6 Å². The molecule has 1 aromatic heterocycles. The minimum Gasteiger partial charge on any atom is -0.478 e. The van der Waals surface area contributed by atoms with Crippen LogP contribution >= 0.6 is 11.6 Å². The first kappa shape index (κ1) is 13.6. The Morgan fingerprint density at radius 2 is 2.05 bits per heavy atom. The van der Waals surface area contributed by atoms with Gasteiger partial charge in [-0.15, -0.1) is 0 Å². The summed E-state index contributed by atoms with van der Waals surface area (Å²) in [6.45, 7) is 4.04. The molecule has 0 spiro atoms. The Morgan fingerprint density at radius 3 is 2.58 bits per heavy atom. The zero-order valence-corrected chi connectivity index (χ0v) is 11.6. The smallest absolute Gasteiger partial charge is 0.339 e. The van der Waals surface area contributed by atoms with Gasteiger partial charge in [0.1, 0.15) is 11.3 Å². The molecular formula is C14H15ClN2O2. The number of halogens is 1. The summed E-state index contributed by atoms with van der Waals surface area (Å²) in [5.41, 5.74) is 1.44. The van der Waals surface area contributed by atoms with Gasteiger partial charge in [0.15, 0.2) is 0 Å². The summed E-state index contributed by atoms with van der Waals surface area (Å²) in [5.74, 6) is -0.973. The van der Waals surface area contributed by atoms with Crippen molar-refractivity contribution >= 4 is 17.6 Å². The average molecular weight is 279 g/mol. The van der Waals surface area contributed by atoms with Gasteiger partial charge in [-0.1, -0.05) is 30.7 Å². The van der Waals surface area contributed by atoms with Crippen LogP contribution in [-0.4, -0.2) is 20.9 Å². The minimum atomic E-state index is -0.973. The number of carbonyl (C=O) groups is 1. The van der Waals surface area contributed by atoms with Gasteiger partial charge < -0.3 is 5.11 Å². The monoisotopic (exact) mass is 278 g/mol. The fraction of sp³-hybridized carbons (Fsp3) is 0.286. The third kappa shape index (κ3) is 2.79. The van der Waals surface area contributed by atoms with E-state index in [1.807, 2.05) is 13.8 Å². The minimum absolute atomic E-state index is 0.166. The molecule has 1 unspecified atom stereocenters. The van der Waals surface area contributed by atoms with E-state index in [-0.39, 0.29) is 11.6 Å². The van der Waals surface area contributed by atoms with Gasteiger partial charge in [0, 0.05) is 22.8 Å². The third-order valence-electron chi connectivity index (χ3n) is 3.12. The number of carboxylic acid groups (broad SMARTS) is 1. The van der Waals surface area contributed by atoms with Crippen LogP contribution in [0.2, 0.25) is 5.02 Å². The first-order valence-corrected chi connectivity index (χ1v) is 6.49. The summed E-state index contributed by atoms with van der Waals surface area (Å²) in [5, 5.41) is 14.3. The third-order valence-corrected chi connectivity index (χ3v) is 3.37. The summed E-state index contributed by atoms with van der Waals surface area (Å²) < 4.78 is 1.70. The molecule has 4 nitrogen and oxygen atoms in total. The van der Waals surface area contributed by atoms with Gasteiger partial charge in [-0.3, -0.25) is 4.68 Å². The largest absolute Gasteiger partial charge is 0.478 e. The molecule has 100 valence electrons. The van der Waals surface area contributed by atoms with Gasteiger partial charge in [0.25, 0.3) is 0 Å². The lowest BCUT2D eigenvalue weighted by Gasteiger charge is -2.07. The van der Waals surface area contributed by atoms with Gasteiger partial charge >= 0.3 is 5.97 Å². The first-order chi connectivity index (χ1) is 9.02. The van der Waals surface area contributed by atoms with Gasteiger partial charge in [-0.25, -0.2) is 4.79 Å². The molecule has 2 rings (SSSR count). The lowest BCUT2D eigenvalue weighted by atomic mass is 10.1. The standard InChI is InChI=1S/C14H15ClN2O2/c1-3-9(2)17-8-12(14(18)19)13(16-17)10-4-6-11(15)7-5-10/h4-9H,3H2,1-2H3,(H,18,19). The van der Waals surface area contributed by atoms with E-state index in [1.54, 1.807) is 35.1 Å². The molecule has 1 atom stereocenters. The Morgan fingerprint density at radius 1 is 1.42 bits per heavy atom. The van der Waals surface area contributed by atoms with Gasteiger partial charge in [0.2, 0.25) is 0 Å². The Hall–Kier alpha value is -1.81. The fourth-order valence-corrected chi connectivity index (χ4v) is 1.91. The van der Waals surface area contributed by atoms with Crippen molar-refractivity contribution in [2.24, 2.45) is 0 Å². The second kappa shape index (κ2) is 5.45. The van der Waals surface area contributed by atoms with Crippen molar-refractivity contribution in [2.75, 3.05) is 0 Å². The van der Waals surface area contributed by atoms with Crippen molar-refractivity contribution in [3.63, 3.8) is 0 Å². The van der Waals surface area contributed by atoms with E-state index in [9.17, 15) is 9.90 Å². The van der Waals surface area contributed by atoms with E-state index in [2.05, 4.69) is 5.10 Å². The summed E-state index contributed by atoms with van der Waals surface area (Å²) in [4.78, 5) is 11.3. The Balaban J connectivity index is 2.51. The second-order valence-corrected chi connectivity index (χ2v) is 4.88. The highest BCUT2D eigenvalue weighted by molar-refractivity contribution is 6.30. The summed E-state index contributed by atoms with van der Waals surface area (Å²) in [6, 6.07) is 7.17. The zero-order chi connectivity index (χ0) is 14.0. The van der Waals surface area contributed by atoms with Gasteiger partial charge in [0.05, 0.1) is 0 Å². The van der Waals surface area contributed by atoms with Crippen LogP contribution in [0.25, 0.3) is 11.3 Å². The summed E-state index contributed by atoms with van der Waals surface area (Å²) >= 11 is 5.84. The van der Waals surface area contributed by atoms with Crippen LogP contribution in [-0.2, 0) is 0 Å². The Labute approximate surface area is 116 Å². The van der Waals surface area contributed by atoms with Crippen molar-refractivity contribution < 1.29 is 9.90 Å². The van der Waals surface area contributed by atoms with Gasteiger partial charge in [-0.2, -0.15) is 5.10 Å². The van der Waals surface area contributed by atoms with Gasteiger partial charge in [-0.05, 0) is 25.5 Å². The number of benzene rings is 1. The highest BCUT2D eigenvalue weighted by Gasteiger charge is 2.18. The molecular weight excluding hydrogens is 264 g/mol. The van der Waals surface area contributed by atoms with Crippen LogP contribution < -0.4 is 0 Å². The Kier molecular flexibility index (Phi) is 3.90. The predicted octanol–water partition coefficient (Wildman–Crippen LogP) is 3.87. The Bertz CT molecular complexity index is 590. The van der Waals surface area contributed by atoms with Crippen molar-refractivity contribution in [3.05, 3.63) is 41.0 Å². The first-order valence-electron chi connectivity index (χ1n) is 6.11. The number of hydrogen-bond donors (Lipinski definition) is 1. The summed E-state index contributed by atoms with van der Waals surface area (Å²) in [7, 11) is 0. The maximum atomic E-state index is 11.3. The molecule has 0 saturated carbocycles. The van der Waals surface area contributed by atoms with Crippen LogP contribution in [0.4, 0.5) is 0 Å². The SMILES string of the molecule is CCC(C)n1cc(C(=O)O)c(-c2ccc(Cl)cc2)n1. The summed E-state index contributed by atoms with van der Waals surface area (Å²) in [6.07, 6.45) is 2.47. The van der Waals surface area contributed by atoms with E-state index >= 15 is 0 Å². The highest BCUT2D eigenvalue weighted by atomic mass is 35.5. The molecule has 0 amide bonds. The molecule has 0 aliphatic carbocycles. The van der Waals surface area contributed by atoms with E-state index in [0.717, 1.165) is 12.0 Å².